The second kappa shape index (κ2) is 7.85. The van der Waals surface area contributed by atoms with E-state index in [1.807, 2.05) is 60.7 Å². The number of rotatable bonds is 5. The maximum atomic E-state index is 12.8. The number of nitrogens with zero attached hydrogens (tertiary/aromatic N) is 2. The van der Waals surface area contributed by atoms with Crippen molar-refractivity contribution in [1.29, 1.82) is 0 Å². The van der Waals surface area contributed by atoms with Gasteiger partial charge in [0.2, 0.25) is 0 Å². The summed E-state index contributed by atoms with van der Waals surface area (Å²) in [6, 6.07) is 17.8. The van der Waals surface area contributed by atoms with Gasteiger partial charge in [-0.3, -0.25) is 9.69 Å². The maximum absolute atomic E-state index is 12.8. The third-order valence-electron chi connectivity index (χ3n) is 4.13. The summed E-state index contributed by atoms with van der Waals surface area (Å²) in [5.41, 5.74) is 2.97. The first kappa shape index (κ1) is 17.7. The molecule has 1 amide bonds. The van der Waals surface area contributed by atoms with Gasteiger partial charge in [-0.25, -0.2) is 0 Å². The predicted octanol–water partition coefficient (Wildman–Crippen LogP) is 4.94. The fraction of sp³-hybridized carbons (Fsp3) is 0.200. The lowest BCUT2D eigenvalue weighted by atomic mass is 10.2. The minimum Gasteiger partial charge on any atom is -0.372 e. The molecular formula is C20H20N2OS2. The molecule has 1 aliphatic rings. The first-order valence-electron chi connectivity index (χ1n) is 8.32. The van der Waals surface area contributed by atoms with Gasteiger partial charge < -0.3 is 4.90 Å². The van der Waals surface area contributed by atoms with Crippen molar-refractivity contribution in [2.24, 2.45) is 0 Å². The number of hydrogen-bond acceptors (Lipinski definition) is 4. The van der Waals surface area contributed by atoms with Crippen LogP contribution in [-0.4, -0.2) is 23.3 Å². The molecule has 0 unspecified atom stereocenters. The molecule has 0 N–H and O–H groups in total. The van der Waals surface area contributed by atoms with Gasteiger partial charge >= 0.3 is 0 Å². The van der Waals surface area contributed by atoms with Crippen molar-refractivity contribution in [3.63, 3.8) is 0 Å². The number of amides is 1. The minimum atomic E-state index is -0.0607. The zero-order valence-electron chi connectivity index (χ0n) is 14.3. The molecule has 25 heavy (non-hydrogen) atoms. The van der Waals surface area contributed by atoms with Crippen LogP contribution < -0.4 is 9.80 Å². The average molecular weight is 369 g/mol. The van der Waals surface area contributed by atoms with E-state index in [-0.39, 0.29) is 5.91 Å². The van der Waals surface area contributed by atoms with Crippen molar-refractivity contribution in [2.75, 3.05) is 22.9 Å². The average Bonchev–Trinajstić information content (AvgIpc) is 2.91. The van der Waals surface area contributed by atoms with Crippen molar-refractivity contribution >= 4 is 51.7 Å². The van der Waals surface area contributed by atoms with Gasteiger partial charge in [0.15, 0.2) is 4.32 Å². The second-order valence-electron chi connectivity index (χ2n) is 5.62. The third kappa shape index (κ3) is 3.78. The van der Waals surface area contributed by atoms with E-state index in [1.54, 1.807) is 4.90 Å². The van der Waals surface area contributed by atoms with E-state index < -0.39 is 0 Å². The molecule has 0 atom stereocenters. The number of thiocarbonyl (C=S) groups is 1. The van der Waals surface area contributed by atoms with Crippen LogP contribution in [0.25, 0.3) is 6.08 Å². The maximum Gasteiger partial charge on any atom is 0.270 e. The van der Waals surface area contributed by atoms with E-state index in [9.17, 15) is 4.79 Å². The lowest BCUT2D eigenvalue weighted by Gasteiger charge is -2.22. The Kier molecular flexibility index (Phi) is 5.56. The number of carbonyl (C=O) groups excluding carboxylic acids is 1. The zero-order chi connectivity index (χ0) is 17.8. The summed E-state index contributed by atoms with van der Waals surface area (Å²) < 4.78 is 0.572. The summed E-state index contributed by atoms with van der Waals surface area (Å²) >= 11 is 6.79. The van der Waals surface area contributed by atoms with E-state index >= 15 is 0 Å². The quantitative estimate of drug-likeness (QED) is 0.551. The molecule has 2 aromatic carbocycles. The van der Waals surface area contributed by atoms with Crippen LogP contribution >= 0.6 is 24.0 Å². The second-order valence-corrected chi connectivity index (χ2v) is 7.29. The van der Waals surface area contributed by atoms with Crippen LogP contribution in [0.2, 0.25) is 0 Å². The zero-order valence-corrected chi connectivity index (χ0v) is 15.9. The van der Waals surface area contributed by atoms with E-state index in [1.165, 1.54) is 11.8 Å². The Morgan fingerprint density at radius 2 is 1.68 bits per heavy atom. The monoisotopic (exact) mass is 368 g/mol. The van der Waals surface area contributed by atoms with Crippen molar-refractivity contribution in [2.45, 2.75) is 13.8 Å². The van der Waals surface area contributed by atoms with Crippen molar-refractivity contribution in [3.05, 3.63) is 65.1 Å². The Hall–Kier alpha value is -2.11. The SMILES string of the molecule is CCN(CC)c1ccc(N2C(=O)/C(=C/c3ccccc3)SC2=S)cc1. The van der Waals surface area contributed by atoms with Gasteiger partial charge in [-0.1, -0.05) is 54.3 Å². The first-order chi connectivity index (χ1) is 12.1. The predicted molar refractivity (Wildman–Crippen MR) is 112 cm³/mol. The van der Waals surface area contributed by atoms with E-state index in [0.29, 0.717) is 9.23 Å². The summed E-state index contributed by atoms with van der Waals surface area (Å²) in [6.45, 7) is 6.18. The van der Waals surface area contributed by atoms with Crippen LogP contribution in [0.5, 0.6) is 0 Å². The molecule has 128 valence electrons. The first-order valence-corrected chi connectivity index (χ1v) is 9.54. The Morgan fingerprint density at radius 3 is 2.28 bits per heavy atom. The van der Waals surface area contributed by atoms with E-state index in [2.05, 4.69) is 18.7 Å². The highest BCUT2D eigenvalue weighted by molar-refractivity contribution is 8.27. The minimum absolute atomic E-state index is 0.0607. The highest BCUT2D eigenvalue weighted by atomic mass is 32.2. The van der Waals surface area contributed by atoms with Crippen LogP contribution in [0, 0.1) is 0 Å². The van der Waals surface area contributed by atoms with Crippen LogP contribution in [0.15, 0.2) is 59.5 Å². The molecule has 0 radical (unpaired) electrons. The Balaban J connectivity index is 1.84. The smallest absolute Gasteiger partial charge is 0.270 e. The molecule has 1 saturated heterocycles. The van der Waals surface area contributed by atoms with Gasteiger partial charge in [-0.15, -0.1) is 0 Å². The summed E-state index contributed by atoms with van der Waals surface area (Å²) in [7, 11) is 0. The molecule has 0 bridgehead atoms. The molecule has 0 saturated carbocycles. The summed E-state index contributed by atoms with van der Waals surface area (Å²) in [5.74, 6) is -0.0607. The Bertz CT molecular complexity index is 796. The molecule has 2 aromatic rings. The standard InChI is InChI=1S/C20H20N2OS2/c1-3-21(4-2)16-10-12-17(13-11-16)22-19(23)18(25-20(22)24)14-15-8-6-5-7-9-15/h5-14H,3-4H2,1-2H3/b18-14-. The van der Waals surface area contributed by atoms with Gasteiger partial charge in [0.25, 0.3) is 5.91 Å². The number of benzene rings is 2. The van der Waals surface area contributed by atoms with E-state index in [4.69, 9.17) is 12.2 Å². The molecule has 1 aliphatic heterocycles. The van der Waals surface area contributed by atoms with Gasteiger partial charge in [0.05, 0.1) is 10.6 Å². The van der Waals surface area contributed by atoms with Gasteiger partial charge in [0.1, 0.15) is 0 Å². The molecule has 3 rings (SSSR count). The van der Waals surface area contributed by atoms with Crippen LogP contribution in [0.4, 0.5) is 11.4 Å². The molecule has 0 aliphatic carbocycles. The van der Waals surface area contributed by atoms with Crippen molar-refractivity contribution in [1.82, 2.24) is 0 Å². The molecule has 3 nitrogen and oxygen atoms in total. The summed E-state index contributed by atoms with van der Waals surface area (Å²) in [4.78, 5) is 17.3. The summed E-state index contributed by atoms with van der Waals surface area (Å²) in [6.07, 6.45) is 1.89. The lowest BCUT2D eigenvalue weighted by molar-refractivity contribution is -0.113. The molecule has 0 spiro atoms. The molecule has 1 heterocycles. The number of anilines is 2. The lowest BCUT2D eigenvalue weighted by Crippen LogP contribution is -2.27. The third-order valence-corrected chi connectivity index (χ3v) is 5.43. The molecular weight excluding hydrogens is 348 g/mol. The van der Waals surface area contributed by atoms with Crippen LogP contribution in [0.1, 0.15) is 19.4 Å². The van der Waals surface area contributed by atoms with Crippen molar-refractivity contribution in [3.8, 4) is 0 Å². The van der Waals surface area contributed by atoms with Crippen LogP contribution in [0.3, 0.4) is 0 Å². The summed E-state index contributed by atoms with van der Waals surface area (Å²) in [5, 5.41) is 0. The largest absolute Gasteiger partial charge is 0.372 e. The highest BCUT2D eigenvalue weighted by Crippen LogP contribution is 2.36. The Labute approximate surface area is 158 Å². The normalized spacial score (nSPS) is 15.9. The number of carbonyl (C=O) groups is 1. The van der Waals surface area contributed by atoms with Crippen LogP contribution in [-0.2, 0) is 4.79 Å². The van der Waals surface area contributed by atoms with Gasteiger partial charge in [-0.05, 0) is 49.8 Å². The topological polar surface area (TPSA) is 23.6 Å². The highest BCUT2D eigenvalue weighted by Gasteiger charge is 2.33. The molecule has 5 heteroatoms. The van der Waals surface area contributed by atoms with Crippen molar-refractivity contribution < 1.29 is 4.79 Å². The number of hydrogen-bond donors (Lipinski definition) is 0. The number of thioether (sulfide) groups is 1. The fourth-order valence-electron chi connectivity index (χ4n) is 2.79. The fourth-order valence-corrected chi connectivity index (χ4v) is 4.09. The molecule has 1 fully saturated rings. The van der Waals surface area contributed by atoms with Gasteiger partial charge in [0, 0.05) is 18.8 Å². The Morgan fingerprint density at radius 1 is 1.04 bits per heavy atom. The van der Waals surface area contributed by atoms with E-state index in [0.717, 1.165) is 30.0 Å². The van der Waals surface area contributed by atoms with Gasteiger partial charge in [-0.2, -0.15) is 0 Å². The molecule has 0 aromatic heterocycles.